The Morgan fingerprint density at radius 3 is 2.81 bits per heavy atom. The summed E-state index contributed by atoms with van der Waals surface area (Å²) in [6, 6.07) is 6.25. The Labute approximate surface area is 165 Å². The average Bonchev–Trinajstić information content (AvgIpc) is 3.12. The molecule has 0 bridgehead atoms. The van der Waals surface area contributed by atoms with Gasteiger partial charge in [0.15, 0.2) is 5.69 Å². The Balaban J connectivity index is 1.45. The number of aromatic nitrogens is 2. The van der Waals surface area contributed by atoms with E-state index in [4.69, 9.17) is 11.6 Å². The largest absolute Gasteiger partial charge is 0.337 e. The molecule has 144 valence electrons. The van der Waals surface area contributed by atoms with Gasteiger partial charge in [0.05, 0.1) is 0 Å². The van der Waals surface area contributed by atoms with Gasteiger partial charge in [0.1, 0.15) is 0 Å². The average molecular weight is 387 g/mol. The molecular formula is C21H27ClN4O. The van der Waals surface area contributed by atoms with E-state index < -0.39 is 0 Å². The third-order valence-electron chi connectivity index (χ3n) is 6.11. The molecule has 0 unspecified atom stereocenters. The van der Waals surface area contributed by atoms with E-state index in [2.05, 4.69) is 34.2 Å². The number of H-pyrrole nitrogens is 1. The molecule has 0 atom stereocenters. The van der Waals surface area contributed by atoms with Gasteiger partial charge in [-0.05, 0) is 43.4 Å². The van der Waals surface area contributed by atoms with Crippen molar-refractivity contribution >= 4 is 17.5 Å². The van der Waals surface area contributed by atoms with E-state index in [1.54, 1.807) is 0 Å². The molecule has 1 fully saturated rings. The van der Waals surface area contributed by atoms with Crippen molar-refractivity contribution in [2.75, 3.05) is 26.2 Å². The third kappa shape index (κ3) is 3.50. The number of carbonyl (C=O) groups is 1. The van der Waals surface area contributed by atoms with E-state index >= 15 is 0 Å². The van der Waals surface area contributed by atoms with Gasteiger partial charge in [-0.2, -0.15) is 5.10 Å². The summed E-state index contributed by atoms with van der Waals surface area (Å²) in [6.45, 7) is 8.57. The molecule has 1 aromatic heterocycles. The maximum Gasteiger partial charge on any atom is 0.274 e. The van der Waals surface area contributed by atoms with Crippen molar-refractivity contribution in [2.24, 2.45) is 0 Å². The number of likely N-dealkylation sites (tertiary alicyclic amines) is 1. The number of nitrogens with zero attached hydrogens (tertiary/aromatic N) is 3. The first-order chi connectivity index (χ1) is 13.1. The molecule has 5 nitrogen and oxygen atoms in total. The van der Waals surface area contributed by atoms with Crippen LogP contribution in [0.4, 0.5) is 0 Å². The molecule has 2 aromatic rings. The van der Waals surface area contributed by atoms with E-state index in [1.165, 1.54) is 5.56 Å². The number of piperidine rings is 1. The molecule has 0 aliphatic carbocycles. The van der Waals surface area contributed by atoms with Crippen LogP contribution in [0.1, 0.15) is 58.6 Å². The first-order valence-corrected chi connectivity index (χ1v) is 10.3. The highest BCUT2D eigenvalue weighted by Crippen LogP contribution is 2.35. The molecule has 2 aliphatic heterocycles. The minimum atomic E-state index is 0.0687. The normalized spacial score (nSPS) is 18.6. The summed E-state index contributed by atoms with van der Waals surface area (Å²) >= 11 is 6.51. The van der Waals surface area contributed by atoms with Crippen molar-refractivity contribution in [3.63, 3.8) is 0 Å². The number of nitrogens with one attached hydrogen (secondary N) is 1. The van der Waals surface area contributed by atoms with Crippen molar-refractivity contribution in [3.8, 4) is 0 Å². The van der Waals surface area contributed by atoms with Gasteiger partial charge in [-0.3, -0.25) is 14.8 Å². The SMILES string of the molecule is CCN1CCc2[nH]nc(C(=O)N3CCC(c4cccc(C)c4Cl)CC3)c2C1. The van der Waals surface area contributed by atoms with Crippen LogP contribution in [-0.4, -0.2) is 52.1 Å². The predicted molar refractivity (Wildman–Crippen MR) is 107 cm³/mol. The van der Waals surface area contributed by atoms with Crippen LogP contribution in [0.5, 0.6) is 0 Å². The van der Waals surface area contributed by atoms with Crippen LogP contribution < -0.4 is 0 Å². The summed E-state index contributed by atoms with van der Waals surface area (Å²) < 4.78 is 0. The molecule has 3 heterocycles. The Morgan fingerprint density at radius 1 is 1.30 bits per heavy atom. The number of benzene rings is 1. The van der Waals surface area contributed by atoms with Crippen molar-refractivity contribution in [2.45, 2.75) is 45.6 Å². The quantitative estimate of drug-likeness (QED) is 0.873. The Kier molecular flexibility index (Phi) is 5.24. The number of aromatic amines is 1. The number of amides is 1. The van der Waals surface area contributed by atoms with Crippen molar-refractivity contribution in [1.82, 2.24) is 20.0 Å². The number of hydrogen-bond donors (Lipinski definition) is 1. The lowest BCUT2D eigenvalue weighted by Crippen LogP contribution is -2.39. The molecule has 1 aromatic carbocycles. The monoisotopic (exact) mass is 386 g/mol. The van der Waals surface area contributed by atoms with Gasteiger partial charge in [-0.25, -0.2) is 0 Å². The molecule has 1 saturated heterocycles. The Bertz CT molecular complexity index is 839. The van der Waals surface area contributed by atoms with Gasteiger partial charge in [0.2, 0.25) is 0 Å². The number of carbonyl (C=O) groups excluding carboxylic acids is 1. The lowest BCUT2D eigenvalue weighted by Gasteiger charge is -2.33. The molecule has 2 aliphatic rings. The van der Waals surface area contributed by atoms with Gasteiger partial charge < -0.3 is 4.90 Å². The summed E-state index contributed by atoms with van der Waals surface area (Å²) in [7, 11) is 0. The lowest BCUT2D eigenvalue weighted by molar-refractivity contribution is 0.0704. The zero-order valence-corrected chi connectivity index (χ0v) is 16.9. The number of rotatable bonds is 3. The Morgan fingerprint density at radius 2 is 2.07 bits per heavy atom. The van der Waals surface area contributed by atoms with Crippen molar-refractivity contribution < 1.29 is 4.79 Å². The molecular weight excluding hydrogens is 360 g/mol. The molecule has 0 radical (unpaired) electrons. The first-order valence-electron chi connectivity index (χ1n) is 9.91. The zero-order valence-electron chi connectivity index (χ0n) is 16.1. The summed E-state index contributed by atoms with van der Waals surface area (Å²) in [4.78, 5) is 17.4. The van der Waals surface area contributed by atoms with E-state index in [1.807, 2.05) is 17.9 Å². The molecule has 4 rings (SSSR count). The molecule has 6 heteroatoms. The highest BCUT2D eigenvalue weighted by atomic mass is 35.5. The third-order valence-corrected chi connectivity index (χ3v) is 6.62. The van der Waals surface area contributed by atoms with E-state index in [0.717, 1.165) is 73.8 Å². The van der Waals surface area contributed by atoms with Crippen molar-refractivity contribution in [3.05, 3.63) is 51.3 Å². The fourth-order valence-corrected chi connectivity index (χ4v) is 4.61. The minimum absolute atomic E-state index is 0.0687. The van der Waals surface area contributed by atoms with Crippen LogP contribution >= 0.6 is 11.6 Å². The highest BCUT2D eigenvalue weighted by molar-refractivity contribution is 6.32. The fourth-order valence-electron chi connectivity index (χ4n) is 4.33. The van der Waals surface area contributed by atoms with Crippen LogP contribution in [0.25, 0.3) is 0 Å². The molecule has 1 N–H and O–H groups in total. The summed E-state index contributed by atoms with van der Waals surface area (Å²) in [5.74, 6) is 0.490. The zero-order chi connectivity index (χ0) is 19.0. The van der Waals surface area contributed by atoms with Gasteiger partial charge in [0.25, 0.3) is 5.91 Å². The second-order valence-electron chi connectivity index (χ2n) is 7.69. The van der Waals surface area contributed by atoms with Crippen LogP contribution in [0.15, 0.2) is 18.2 Å². The summed E-state index contributed by atoms with van der Waals surface area (Å²) in [5.41, 5.74) is 5.19. The molecule has 0 saturated carbocycles. The summed E-state index contributed by atoms with van der Waals surface area (Å²) in [5, 5.41) is 8.36. The predicted octanol–water partition coefficient (Wildman–Crippen LogP) is 3.77. The standard InChI is InChI=1S/C21H27ClN4O/c1-3-25-10-9-18-17(13-25)20(24-23-18)21(27)26-11-7-15(8-12-26)16-6-4-5-14(2)19(16)22/h4-6,15H,3,7-13H2,1-2H3,(H,23,24). The molecule has 27 heavy (non-hydrogen) atoms. The van der Waals surface area contributed by atoms with Crippen molar-refractivity contribution in [1.29, 1.82) is 0 Å². The maximum atomic E-state index is 13.1. The number of fused-ring (bicyclic) bond motifs is 1. The van der Waals surface area contributed by atoms with E-state index in [9.17, 15) is 4.79 Å². The number of aryl methyl sites for hydroxylation is 1. The minimum Gasteiger partial charge on any atom is -0.337 e. The van der Waals surface area contributed by atoms with Gasteiger partial charge in [-0.15, -0.1) is 0 Å². The second-order valence-corrected chi connectivity index (χ2v) is 8.07. The number of halogens is 1. The van der Waals surface area contributed by atoms with Crippen LogP contribution in [0.3, 0.4) is 0 Å². The van der Waals surface area contributed by atoms with Gasteiger partial charge in [-0.1, -0.05) is 36.7 Å². The topological polar surface area (TPSA) is 52.2 Å². The van der Waals surface area contributed by atoms with E-state index in [-0.39, 0.29) is 5.91 Å². The summed E-state index contributed by atoms with van der Waals surface area (Å²) in [6.07, 6.45) is 2.84. The number of likely N-dealkylation sites (N-methyl/N-ethyl adjacent to an activating group) is 1. The fraction of sp³-hybridized carbons (Fsp3) is 0.524. The Hall–Kier alpha value is -1.85. The lowest BCUT2D eigenvalue weighted by atomic mass is 9.88. The first kappa shape index (κ1) is 18.5. The highest BCUT2D eigenvalue weighted by Gasteiger charge is 2.30. The van der Waals surface area contributed by atoms with Crippen LogP contribution in [-0.2, 0) is 13.0 Å². The van der Waals surface area contributed by atoms with Crippen LogP contribution in [0.2, 0.25) is 5.02 Å². The molecule has 1 amide bonds. The molecule has 0 spiro atoms. The number of hydrogen-bond acceptors (Lipinski definition) is 3. The van der Waals surface area contributed by atoms with Gasteiger partial charge >= 0.3 is 0 Å². The smallest absolute Gasteiger partial charge is 0.274 e. The van der Waals surface area contributed by atoms with E-state index in [0.29, 0.717) is 11.6 Å². The maximum absolute atomic E-state index is 13.1. The van der Waals surface area contributed by atoms with Gasteiger partial charge in [0, 0.05) is 48.9 Å². The van der Waals surface area contributed by atoms with Crippen LogP contribution in [0, 0.1) is 6.92 Å². The second kappa shape index (κ2) is 7.64.